The van der Waals surface area contributed by atoms with Crippen LogP contribution in [0.5, 0.6) is 0 Å². The lowest BCUT2D eigenvalue weighted by Gasteiger charge is -2.27. The predicted octanol–water partition coefficient (Wildman–Crippen LogP) is 1.53. The molecular formula is C10H17N3. The fourth-order valence-electron chi connectivity index (χ4n) is 1.95. The fourth-order valence-corrected chi connectivity index (χ4v) is 1.95. The molecule has 0 unspecified atom stereocenters. The van der Waals surface area contributed by atoms with Gasteiger partial charge in [0.25, 0.3) is 0 Å². The van der Waals surface area contributed by atoms with Gasteiger partial charge in [-0.2, -0.15) is 0 Å². The van der Waals surface area contributed by atoms with E-state index < -0.39 is 0 Å². The van der Waals surface area contributed by atoms with E-state index in [0.29, 0.717) is 5.92 Å². The van der Waals surface area contributed by atoms with E-state index in [0.717, 1.165) is 5.82 Å². The third-order valence-corrected chi connectivity index (χ3v) is 2.86. The average Bonchev–Trinajstić information content (AvgIpc) is 2.53. The Morgan fingerprint density at radius 1 is 1.46 bits per heavy atom. The number of hydrogen-bond donors (Lipinski definition) is 1. The largest absolute Gasteiger partial charge is 0.349 e. The van der Waals surface area contributed by atoms with Crippen molar-refractivity contribution in [3.63, 3.8) is 0 Å². The van der Waals surface area contributed by atoms with Gasteiger partial charge in [0, 0.05) is 12.1 Å². The summed E-state index contributed by atoms with van der Waals surface area (Å²) in [6.07, 6.45) is 4.56. The fraction of sp³-hybridized carbons (Fsp3) is 0.700. The highest BCUT2D eigenvalue weighted by Gasteiger charge is 2.19. The zero-order chi connectivity index (χ0) is 9.26. The predicted molar refractivity (Wildman–Crippen MR) is 52.8 cm³/mol. The average molecular weight is 179 g/mol. The normalized spacial score (nSPS) is 20.8. The van der Waals surface area contributed by atoms with E-state index in [9.17, 15) is 0 Å². The van der Waals surface area contributed by atoms with Gasteiger partial charge in [0.15, 0.2) is 0 Å². The van der Waals surface area contributed by atoms with Crippen LogP contribution < -0.4 is 0 Å². The quantitative estimate of drug-likeness (QED) is 0.709. The smallest absolute Gasteiger partial charge is 0.103 e. The summed E-state index contributed by atoms with van der Waals surface area (Å²) in [5.74, 6) is 1.72. The molecule has 1 aromatic heterocycles. The molecule has 2 rings (SSSR count). The minimum absolute atomic E-state index is 0.682. The maximum absolute atomic E-state index is 4.49. The lowest BCUT2D eigenvalue weighted by atomic mass is 9.94. The molecule has 1 aliphatic rings. The van der Waals surface area contributed by atoms with Gasteiger partial charge in [-0.1, -0.05) is 0 Å². The Labute approximate surface area is 79.2 Å². The zero-order valence-electron chi connectivity index (χ0n) is 8.38. The Balaban J connectivity index is 2.02. The molecule has 3 nitrogen and oxygen atoms in total. The van der Waals surface area contributed by atoms with Gasteiger partial charge in [0.05, 0.1) is 5.69 Å². The van der Waals surface area contributed by atoms with Crippen LogP contribution in [-0.2, 0) is 0 Å². The van der Waals surface area contributed by atoms with Crippen molar-refractivity contribution in [2.24, 2.45) is 0 Å². The van der Waals surface area contributed by atoms with Crippen LogP contribution >= 0.6 is 0 Å². The molecule has 0 amide bonds. The molecule has 2 heterocycles. The Morgan fingerprint density at radius 2 is 2.15 bits per heavy atom. The van der Waals surface area contributed by atoms with E-state index in [-0.39, 0.29) is 0 Å². The number of imidazole rings is 1. The first kappa shape index (κ1) is 8.75. The van der Waals surface area contributed by atoms with Crippen molar-refractivity contribution in [2.75, 3.05) is 20.1 Å². The maximum atomic E-state index is 4.49. The summed E-state index contributed by atoms with van der Waals surface area (Å²) < 4.78 is 0. The highest BCUT2D eigenvalue weighted by molar-refractivity contribution is 5.08. The van der Waals surface area contributed by atoms with Crippen LogP contribution in [0.1, 0.15) is 30.3 Å². The van der Waals surface area contributed by atoms with Crippen molar-refractivity contribution in [3.05, 3.63) is 17.7 Å². The summed E-state index contributed by atoms with van der Waals surface area (Å²) in [6, 6.07) is 0. The number of nitrogens with zero attached hydrogens (tertiary/aromatic N) is 2. The summed E-state index contributed by atoms with van der Waals surface area (Å²) in [6.45, 7) is 4.42. The molecule has 0 aliphatic carbocycles. The number of likely N-dealkylation sites (tertiary alicyclic amines) is 1. The molecule has 0 bridgehead atoms. The van der Waals surface area contributed by atoms with Gasteiger partial charge >= 0.3 is 0 Å². The Morgan fingerprint density at radius 3 is 2.69 bits per heavy atom. The molecular weight excluding hydrogens is 162 g/mol. The molecule has 0 aromatic carbocycles. The van der Waals surface area contributed by atoms with E-state index in [2.05, 4.69) is 28.1 Å². The molecule has 1 N–H and O–H groups in total. The van der Waals surface area contributed by atoms with Gasteiger partial charge in [-0.15, -0.1) is 0 Å². The standard InChI is InChI=1S/C10H17N3/c1-8-11-7-10(12-8)9-3-5-13(2)6-4-9/h7,9H,3-6H2,1-2H3,(H,11,12). The van der Waals surface area contributed by atoms with Crippen LogP contribution in [0.25, 0.3) is 0 Å². The molecule has 0 radical (unpaired) electrons. The van der Waals surface area contributed by atoms with Gasteiger partial charge in [0.2, 0.25) is 0 Å². The van der Waals surface area contributed by atoms with E-state index in [1.165, 1.54) is 31.6 Å². The van der Waals surface area contributed by atoms with Gasteiger partial charge in [-0.05, 0) is 39.9 Å². The topological polar surface area (TPSA) is 31.9 Å². The molecule has 13 heavy (non-hydrogen) atoms. The lowest BCUT2D eigenvalue weighted by molar-refractivity contribution is 0.253. The van der Waals surface area contributed by atoms with E-state index >= 15 is 0 Å². The van der Waals surface area contributed by atoms with Crippen molar-refractivity contribution >= 4 is 0 Å². The van der Waals surface area contributed by atoms with E-state index in [1.54, 1.807) is 0 Å². The van der Waals surface area contributed by atoms with Gasteiger partial charge in [0.1, 0.15) is 5.82 Å². The van der Waals surface area contributed by atoms with Gasteiger partial charge in [-0.3, -0.25) is 0 Å². The van der Waals surface area contributed by atoms with Crippen molar-refractivity contribution in [1.29, 1.82) is 0 Å². The first-order valence-electron chi connectivity index (χ1n) is 4.96. The van der Waals surface area contributed by atoms with Crippen LogP contribution in [0.15, 0.2) is 6.20 Å². The number of hydrogen-bond acceptors (Lipinski definition) is 2. The van der Waals surface area contributed by atoms with Gasteiger partial charge in [-0.25, -0.2) is 4.98 Å². The second-order valence-corrected chi connectivity index (χ2v) is 3.99. The molecule has 1 aliphatic heterocycles. The Bertz CT molecular complexity index is 271. The number of nitrogens with one attached hydrogen (secondary N) is 1. The SMILES string of the molecule is Cc1nc(C2CCN(C)CC2)c[nH]1. The van der Waals surface area contributed by atoms with Crippen molar-refractivity contribution in [2.45, 2.75) is 25.7 Å². The van der Waals surface area contributed by atoms with Crippen LogP contribution in [0, 0.1) is 6.92 Å². The number of aromatic nitrogens is 2. The number of aromatic amines is 1. The molecule has 3 heteroatoms. The second-order valence-electron chi connectivity index (χ2n) is 3.99. The Kier molecular flexibility index (Phi) is 2.36. The second kappa shape index (κ2) is 3.50. The first-order valence-corrected chi connectivity index (χ1v) is 4.96. The van der Waals surface area contributed by atoms with Crippen molar-refractivity contribution in [3.8, 4) is 0 Å². The van der Waals surface area contributed by atoms with Crippen LogP contribution in [-0.4, -0.2) is 35.0 Å². The highest BCUT2D eigenvalue weighted by atomic mass is 15.1. The maximum Gasteiger partial charge on any atom is 0.103 e. The third-order valence-electron chi connectivity index (χ3n) is 2.86. The molecule has 72 valence electrons. The summed E-state index contributed by atoms with van der Waals surface area (Å²) in [7, 11) is 2.19. The minimum Gasteiger partial charge on any atom is -0.349 e. The number of piperidine rings is 1. The minimum atomic E-state index is 0.682. The Hall–Kier alpha value is -0.830. The number of H-pyrrole nitrogens is 1. The van der Waals surface area contributed by atoms with E-state index in [1.807, 2.05) is 6.92 Å². The van der Waals surface area contributed by atoms with E-state index in [4.69, 9.17) is 0 Å². The lowest BCUT2D eigenvalue weighted by Crippen LogP contribution is -2.29. The monoisotopic (exact) mass is 179 g/mol. The highest BCUT2D eigenvalue weighted by Crippen LogP contribution is 2.25. The van der Waals surface area contributed by atoms with Crippen molar-refractivity contribution in [1.82, 2.24) is 14.9 Å². The summed E-state index contributed by atoms with van der Waals surface area (Å²) in [4.78, 5) is 10.0. The molecule has 0 atom stereocenters. The first-order chi connectivity index (χ1) is 6.25. The molecule has 1 saturated heterocycles. The third kappa shape index (κ3) is 1.91. The molecule has 0 spiro atoms. The van der Waals surface area contributed by atoms with Crippen LogP contribution in [0.4, 0.5) is 0 Å². The summed E-state index contributed by atoms with van der Waals surface area (Å²) in [5.41, 5.74) is 1.26. The van der Waals surface area contributed by atoms with Crippen molar-refractivity contribution < 1.29 is 0 Å². The van der Waals surface area contributed by atoms with Gasteiger partial charge < -0.3 is 9.88 Å². The number of aryl methyl sites for hydroxylation is 1. The summed E-state index contributed by atoms with van der Waals surface area (Å²) >= 11 is 0. The molecule has 1 fully saturated rings. The summed E-state index contributed by atoms with van der Waals surface area (Å²) in [5, 5.41) is 0. The van der Waals surface area contributed by atoms with Crippen LogP contribution in [0.2, 0.25) is 0 Å². The zero-order valence-corrected chi connectivity index (χ0v) is 8.38. The molecule has 1 aromatic rings. The number of rotatable bonds is 1. The van der Waals surface area contributed by atoms with Crippen LogP contribution in [0.3, 0.4) is 0 Å². The molecule has 0 saturated carbocycles.